The number of phenols is 3. The van der Waals surface area contributed by atoms with E-state index in [0.29, 0.717) is 50.6 Å². The number of benzene rings is 5. The molecule has 1 saturated heterocycles. The number of nitrogens with one attached hydrogen (secondary N) is 1. The first-order valence-electron chi connectivity index (χ1n) is 26.7. The van der Waals surface area contributed by atoms with Crippen molar-refractivity contribution in [2.24, 2.45) is 11.7 Å². The monoisotopic (exact) mass is 970 g/mol. The third-order valence-corrected chi connectivity index (χ3v) is 16.9. The van der Waals surface area contributed by atoms with Gasteiger partial charge in [0.15, 0.2) is 11.5 Å². The second kappa shape index (κ2) is 20.8. The highest BCUT2D eigenvalue weighted by atomic mass is 16.5. The van der Waals surface area contributed by atoms with Crippen LogP contribution in [0.3, 0.4) is 0 Å². The number of dihydropyridines is 1. The van der Waals surface area contributed by atoms with Crippen LogP contribution in [0, 0.1) is 5.92 Å². The highest BCUT2D eigenvalue weighted by Gasteiger charge is 2.55. The third kappa shape index (κ3) is 9.91. The molecule has 376 valence electrons. The molecule has 2 aliphatic carbocycles. The molecule has 1 spiro atoms. The first-order chi connectivity index (χ1) is 35.1. The molecule has 1 aromatic heterocycles. The fourth-order valence-corrected chi connectivity index (χ4v) is 13.3. The predicted octanol–water partition coefficient (Wildman–Crippen LogP) is 11.4. The highest BCUT2D eigenvalue weighted by Crippen LogP contribution is 2.60. The topological polar surface area (TPSA) is 152 Å². The molecule has 0 amide bonds. The van der Waals surface area contributed by atoms with E-state index in [9.17, 15) is 20.4 Å². The molecule has 10 nitrogen and oxygen atoms in total. The molecule has 72 heavy (non-hydrogen) atoms. The Hall–Kier alpha value is -6.04. The number of aromatic nitrogens is 1. The van der Waals surface area contributed by atoms with Crippen molar-refractivity contribution in [2.45, 2.75) is 139 Å². The Labute approximate surface area is 424 Å². The molecule has 10 heteroatoms. The van der Waals surface area contributed by atoms with Gasteiger partial charge in [-0.3, -0.25) is 0 Å². The molecule has 5 aromatic carbocycles. The molecule has 0 radical (unpaired) electrons. The first-order valence-corrected chi connectivity index (χ1v) is 26.7. The first kappa shape index (κ1) is 48.2. The molecular weight excluding hydrogens is 899 g/mol. The number of nitrogens with two attached hydrogens (primary N) is 1. The second-order valence-electron chi connectivity index (χ2n) is 21.7. The number of hydrogen-bond donors (Lipinski definition) is 6. The number of aliphatic hydroxyl groups is 1. The van der Waals surface area contributed by atoms with Crippen molar-refractivity contribution in [3.63, 3.8) is 0 Å². The van der Waals surface area contributed by atoms with Gasteiger partial charge < -0.3 is 50.3 Å². The summed E-state index contributed by atoms with van der Waals surface area (Å²) >= 11 is 0. The van der Waals surface area contributed by atoms with E-state index in [1.54, 1.807) is 24.3 Å². The van der Waals surface area contributed by atoms with E-state index in [0.717, 1.165) is 102 Å². The molecule has 4 heterocycles. The van der Waals surface area contributed by atoms with Crippen molar-refractivity contribution in [1.82, 2.24) is 9.88 Å². The van der Waals surface area contributed by atoms with Crippen LogP contribution in [0.15, 0.2) is 127 Å². The molecule has 5 unspecified atom stereocenters. The van der Waals surface area contributed by atoms with Gasteiger partial charge in [0.2, 0.25) is 0 Å². The lowest BCUT2D eigenvalue weighted by atomic mass is 9.51. The number of aryl methyl sites for hydroxylation is 2. The molecule has 4 bridgehead atoms. The highest BCUT2D eigenvalue weighted by molar-refractivity contribution is 5.88. The van der Waals surface area contributed by atoms with Crippen molar-refractivity contribution >= 4 is 16.6 Å². The minimum Gasteiger partial charge on any atom is -0.508 e. The summed E-state index contributed by atoms with van der Waals surface area (Å²) in [5, 5.41) is 49.1. The van der Waals surface area contributed by atoms with Crippen LogP contribution in [0.1, 0.15) is 128 Å². The molecule has 7 N–H and O–H groups in total. The summed E-state index contributed by atoms with van der Waals surface area (Å²) in [7, 11) is 0. The minimum atomic E-state index is -0.581. The number of unbranched alkanes of at least 4 members (excludes halogenated alkanes) is 3. The van der Waals surface area contributed by atoms with Gasteiger partial charge in [0.1, 0.15) is 23.9 Å². The molecular formula is C62H71N3O7. The molecule has 5 aliphatic rings. The van der Waals surface area contributed by atoms with E-state index < -0.39 is 6.10 Å². The summed E-state index contributed by atoms with van der Waals surface area (Å²) in [6, 6.07) is 32.7. The molecule has 1 saturated carbocycles. The Morgan fingerprint density at radius 3 is 2.51 bits per heavy atom. The molecule has 5 atom stereocenters. The van der Waals surface area contributed by atoms with Gasteiger partial charge in [-0.25, -0.2) is 0 Å². The number of rotatable bonds is 10. The third-order valence-electron chi connectivity index (χ3n) is 16.9. The van der Waals surface area contributed by atoms with Crippen molar-refractivity contribution in [2.75, 3.05) is 19.8 Å². The van der Waals surface area contributed by atoms with Crippen LogP contribution >= 0.6 is 0 Å². The molecule has 6 aromatic rings. The van der Waals surface area contributed by atoms with Crippen LogP contribution in [0.2, 0.25) is 0 Å². The predicted molar refractivity (Wildman–Crippen MR) is 283 cm³/mol. The average Bonchev–Trinajstić information content (AvgIpc) is 4.05. The lowest BCUT2D eigenvalue weighted by Gasteiger charge is -2.54. The second-order valence-corrected chi connectivity index (χ2v) is 21.7. The lowest BCUT2D eigenvalue weighted by Crippen LogP contribution is -2.51. The zero-order chi connectivity index (χ0) is 49.2. The number of aliphatic hydroxyl groups excluding tert-OH is 1. The summed E-state index contributed by atoms with van der Waals surface area (Å²) in [6.45, 7) is 2.07. The normalized spacial score (nSPS) is 24.0. The maximum Gasteiger partial charge on any atom is 0.161 e. The van der Waals surface area contributed by atoms with E-state index in [4.69, 9.17) is 19.9 Å². The smallest absolute Gasteiger partial charge is 0.161 e. The lowest BCUT2D eigenvalue weighted by molar-refractivity contribution is -0.00873. The van der Waals surface area contributed by atoms with Crippen molar-refractivity contribution in [1.29, 1.82) is 0 Å². The Morgan fingerprint density at radius 2 is 1.64 bits per heavy atom. The van der Waals surface area contributed by atoms with E-state index in [-0.39, 0.29) is 47.0 Å². The Kier molecular flexibility index (Phi) is 14.0. The fraction of sp³-hybridized carbons (Fsp3) is 0.419. The zero-order valence-electron chi connectivity index (χ0n) is 41.5. The number of nitrogens with zero attached hydrogens (tertiary/aromatic N) is 1. The van der Waals surface area contributed by atoms with Crippen molar-refractivity contribution in [3.05, 3.63) is 172 Å². The van der Waals surface area contributed by atoms with Gasteiger partial charge in [0, 0.05) is 47.2 Å². The fourth-order valence-electron chi connectivity index (χ4n) is 13.3. The largest absolute Gasteiger partial charge is 0.508 e. The van der Waals surface area contributed by atoms with Crippen LogP contribution in [0.4, 0.5) is 0 Å². The van der Waals surface area contributed by atoms with Crippen LogP contribution in [-0.4, -0.2) is 63.2 Å². The standard InChI is InChI=1S/C62H71N3O7/c63-59-23-19-44-38-71-52(13-4-2-1-3-10-41-17-21-56(68)45(28-41)29-43-11-9-12-50(66)30-43)34-51(67)20-16-42-18-22-57(69)58(31-42)72-39-47-33-48(32-46-36-65(37-53(46)47)60(44)64-59)62-26-27-70-40-49(62)35-61(24-7-8-25-61)54-14-5-6-15-55(54)62/h5-6,9,11-12,14-15,17-19,21-23,28,30-33,36-37,49,51-52,59,64,66-69H,1-4,7-8,10,13,16,20,24-27,29,34-35,38-40,63H2. The van der Waals surface area contributed by atoms with Gasteiger partial charge in [-0.2, -0.15) is 0 Å². The number of fused-ring (bicyclic) bond motifs is 8. The number of aromatic hydroxyl groups is 3. The Morgan fingerprint density at radius 1 is 0.792 bits per heavy atom. The van der Waals surface area contributed by atoms with Crippen LogP contribution < -0.4 is 15.8 Å². The van der Waals surface area contributed by atoms with Gasteiger partial charge in [-0.05, 0) is 163 Å². The maximum absolute atomic E-state index is 11.6. The van der Waals surface area contributed by atoms with E-state index in [1.165, 1.54) is 47.9 Å². The van der Waals surface area contributed by atoms with Gasteiger partial charge >= 0.3 is 0 Å². The van der Waals surface area contributed by atoms with Crippen LogP contribution in [0.5, 0.6) is 23.0 Å². The molecule has 2 fully saturated rings. The van der Waals surface area contributed by atoms with Crippen molar-refractivity contribution < 1.29 is 34.6 Å². The Balaban J connectivity index is 0.871. The van der Waals surface area contributed by atoms with Gasteiger partial charge in [-0.15, -0.1) is 0 Å². The summed E-state index contributed by atoms with van der Waals surface area (Å²) in [6.07, 6.45) is 22.4. The van der Waals surface area contributed by atoms with E-state index in [1.807, 2.05) is 36.4 Å². The minimum absolute atomic E-state index is 0.0954. The Bertz CT molecular complexity index is 2970. The van der Waals surface area contributed by atoms with Gasteiger partial charge in [-0.1, -0.05) is 98.8 Å². The average molecular weight is 970 g/mol. The number of phenolic OH excluding ortho intramolecular Hbond substituents is 3. The molecule has 11 rings (SSSR count). The van der Waals surface area contributed by atoms with Gasteiger partial charge in [0.05, 0.1) is 31.6 Å². The van der Waals surface area contributed by atoms with Gasteiger partial charge in [0.25, 0.3) is 0 Å². The zero-order valence-corrected chi connectivity index (χ0v) is 41.5. The number of ether oxygens (including phenoxy) is 3. The van der Waals surface area contributed by atoms with E-state index >= 15 is 0 Å². The maximum atomic E-state index is 11.6. The van der Waals surface area contributed by atoms with Crippen molar-refractivity contribution in [3.8, 4) is 23.0 Å². The molecule has 3 aliphatic heterocycles. The van der Waals surface area contributed by atoms with Crippen LogP contribution in [0.25, 0.3) is 16.6 Å². The summed E-state index contributed by atoms with van der Waals surface area (Å²) in [5.74, 6) is 2.23. The number of hydrogen-bond acceptors (Lipinski definition) is 9. The summed E-state index contributed by atoms with van der Waals surface area (Å²) in [5.41, 5.74) is 16.9. The SMILES string of the molecule is NC1C=CC2=C(N1)n1cc3cc(C45CCOCC4CC4(CCCC4)c4ccccc45)cc(c3c1)COc1cc(ccc1O)CCC(O)CC(CCCCCCc1ccc(O)c(Cc3cccc(O)c3)c1)OC2. The quantitative estimate of drug-likeness (QED) is 0.0737. The summed E-state index contributed by atoms with van der Waals surface area (Å²) in [4.78, 5) is 0. The van der Waals surface area contributed by atoms with E-state index in [2.05, 4.69) is 70.8 Å². The van der Waals surface area contributed by atoms with Crippen LogP contribution in [-0.2, 0) is 46.2 Å². The summed E-state index contributed by atoms with van der Waals surface area (Å²) < 4.78 is 22.0.